The van der Waals surface area contributed by atoms with E-state index in [1.54, 1.807) is 146 Å². The molecule has 15 rings (SSSR count). The molecule has 4 aliphatic heterocycles. The maximum Gasteiger partial charge on any atom is 0.338 e. The van der Waals surface area contributed by atoms with Crippen molar-refractivity contribution in [2.24, 2.45) is 0 Å². The van der Waals surface area contributed by atoms with Crippen molar-refractivity contribution in [3.05, 3.63) is 395 Å². The number of carbonyl (C=O) groups excluding carboxylic acids is 8. The summed E-state index contributed by atoms with van der Waals surface area (Å²) >= 11 is 0. The van der Waals surface area contributed by atoms with Crippen LogP contribution in [0.1, 0.15) is 106 Å². The number of hydrogen-bond donors (Lipinski definition) is 0. The molecule has 0 unspecified atom stereocenters. The van der Waals surface area contributed by atoms with Crippen LogP contribution in [0.15, 0.2) is 334 Å². The van der Waals surface area contributed by atoms with Gasteiger partial charge in [-0.1, -0.05) is 237 Å². The first-order valence-corrected chi connectivity index (χ1v) is 39.0. The lowest BCUT2D eigenvalue weighted by Crippen LogP contribution is -2.49. The average Bonchev–Trinajstić information content (AvgIpc) is 1.74. The molecule has 0 saturated carbocycles. The number of esters is 8. The van der Waals surface area contributed by atoms with E-state index < -0.39 is 171 Å². The highest BCUT2D eigenvalue weighted by Crippen LogP contribution is 2.45. The van der Waals surface area contributed by atoms with Crippen molar-refractivity contribution in [3.8, 4) is 6.07 Å². The van der Waals surface area contributed by atoms with Crippen LogP contribution in [-0.2, 0) is 81.4 Å². The SMILES string of the molecule is C[C@@]1(C#N)O[C@H]2O[C@@H]([C@@H](CO[C@@H]3O[C@@H]([C@@H](CO[C@@H]4O[C@@H]([C@@H](COC(c5ccccc5)(c5ccccc5)c5ccccc5)OC(=O)c5ccccc5)[C@H](OC(=O)c5ccccc5)[C@H]4OC(=O)c4ccccc4)OC(=O)c4ccccc4)[C@H](OC(=O)c4ccccc4)[C@H]3OC(=O)c3ccccc3)OC(=O)c3ccccc3)[C@H](OC(=O)c3ccccc3)[C@H]2O1. The molecule has 4 heterocycles. The molecule has 612 valence electrons. The van der Waals surface area contributed by atoms with Gasteiger partial charge in [0.05, 0.1) is 64.3 Å². The normalized spacial score (nSPS) is 22.8. The first kappa shape index (κ1) is 82.5. The molecular weight excluding hydrogens is 1550 g/mol. The third-order valence-corrected chi connectivity index (χ3v) is 20.5. The summed E-state index contributed by atoms with van der Waals surface area (Å²) in [6, 6.07) is 92.4. The van der Waals surface area contributed by atoms with E-state index in [-0.39, 0.29) is 44.5 Å². The highest BCUT2D eigenvalue weighted by Gasteiger charge is 2.63. The van der Waals surface area contributed by atoms with Crippen molar-refractivity contribution < 1.29 is 114 Å². The van der Waals surface area contributed by atoms with Gasteiger partial charge in [0.2, 0.25) is 0 Å². The molecule has 11 aromatic carbocycles. The quantitative estimate of drug-likeness (QED) is 0.0221. The van der Waals surface area contributed by atoms with Gasteiger partial charge in [0.25, 0.3) is 5.79 Å². The van der Waals surface area contributed by atoms with Gasteiger partial charge in [-0.3, -0.25) is 0 Å². The molecule has 0 spiro atoms. The molecule has 4 aliphatic rings. The molecule has 4 fully saturated rings. The maximum atomic E-state index is 15.2. The molecule has 0 aliphatic carbocycles. The first-order valence-electron chi connectivity index (χ1n) is 39.0. The van der Waals surface area contributed by atoms with Gasteiger partial charge in [0.15, 0.2) is 73.8 Å². The summed E-state index contributed by atoms with van der Waals surface area (Å²) in [5.41, 5.74) is 0.594. The molecule has 11 aromatic rings. The van der Waals surface area contributed by atoms with Gasteiger partial charge in [-0.2, -0.15) is 5.26 Å². The second-order valence-corrected chi connectivity index (χ2v) is 28.5. The van der Waals surface area contributed by atoms with Gasteiger partial charge in [0, 0.05) is 6.92 Å². The summed E-state index contributed by atoms with van der Waals surface area (Å²) in [5.74, 6) is -9.68. The summed E-state index contributed by atoms with van der Waals surface area (Å²) in [6.45, 7) is -1.03. The minimum absolute atomic E-state index is 0.0117. The highest BCUT2D eigenvalue weighted by molar-refractivity contribution is 5.93. The summed E-state index contributed by atoms with van der Waals surface area (Å²) < 4.78 is 106. The van der Waals surface area contributed by atoms with E-state index in [0.717, 1.165) is 0 Å². The Bertz CT molecular complexity index is 5280. The minimum atomic E-state index is -1.99. The van der Waals surface area contributed by atoms with Gasteiger partial charge in [-0.25, -0.2) is 38.4 Å². The second kappa shape index (κ2) is 38.4. The molecule has 0 amide bonds. The van der Waals surface area contributed by atoms with E-state index in [4.69, 9.17) is 75.8 Å². The largest absolute Gasteiger partial charge is 0.453 e. The van der Waals surface area contributed by atoms with Crippen molar-refractivity contribution in [3.63, 3.8) is 0 Å². The molecular formula is C96H79NO24. The molecule has 25 nitrogen and oxygen atoms in total. The number of fused-ring (bicyclic) bond motifs is 1. The Morgan fingerprint density at radius 2 is 0.554 bits per heavy atom. The molecule has 4 saturated heterocycles. The van der Waals surface area contributed by atoms with Crippen molar-refractivity contribution in [1.29, 1.82) is 5.26 Å². The van der Waals surface area contributed by atoms with Crippen LogP contribution in [-0.4, -0.2) is 165 Å². The highest BCUT2D eigenvalue weighted by atomic mass is 16.9. The van der Waals surface area contributed by atoms with E-state index in [0.29, 0.717) is 16.7 Å². The Morgan fingerprint density at radius 3 is 0.835 bits per heavy atom. The molecule has 121 heavy (non-hydrogen) atoms. The van der Waals surface area contributed by atoms with E-state index in [1.165, 1.54) is 104 Å². The van der Waals surface area contributed by atoms with E-state index in [2.05, 4.69) is 0 Å². The third-order valence-electron chi connectivity index (χ3n) is 20.5. The summed E-state index contributed by atoms with van der Waals surface area (Å²) in [5, 5.41) is 10.3. The number of nitrogens with zero attached hydrogens (tertiary/aromatic N) is 1. The Labute approximate surface area is 694 Å². The van der Waals surface area contributed by atoms with Gasteiger partial charge in [-0.15, -0.1) is 0 Å². The molecule has 0 radical (unpaired) electrons. The molecule has 0 N–H and O–H groups in total. The Balaban J connectivity index is 0.851. The summed E-state index contributed by atoms with van der Waals surface area (Å²) in [4.78, 5) is 119. The smallest absolute Gasteiger partial charge is 0.338 e. The fraction of sp³-hybridized carbons (Fsp3) is 0.219. The number of rotatable bonds is 31. The lowest BCUT2D eigenvalue weighted by Gasteiger charge is -2.38. The number of carbonyl (C=O) groups is 8. The maximum absolute atomic E-state index is 15.2. The lowest BCUT2D eigenvalue weighted by atomic mass is 9.80. The fourth-order valence-corrected chi connectivity index (χ4v) is 14.7. The van der Waals surface area contributed by atoms with Crippen molar-refractivity contribution in [2.75, 3.05) is 19.8 Å². The Morgan fingerprint density at radius 1 is 0.314 bits per heavy atom. The standard InChI is InChI=1S/C96H79NO24/c1-95(60-97)120-83-80(114-89(103)66-45-23-7-24-46-66)76(119-94(83)121-95)73(110-85(99)62-37-15-3-16-38-62)58-107-92-81(115-90(104)67-47-25-8-26-48-67)78(112-87(101)64-41-19-5-20-42-64)75(117-92)72(109-84(98)61-35-13-2-14-36-61)57-106-93-82(116-91(105)68-49-27-9-28-50-68)79(113-88(102)65-43-21-6-22-44-65)77(118-93)74(111-86(100)63-39-17-4-18-40-63)59-108-96(69-51-29-10-30-52-69,70-53-31-11-32-54-70)71-55-33-12-34-56-71/h2-56,72-83,92-94H,57-59H2,1H3/t72-,73-,74-,75+,76+,77+,78+,79+,80+,81-,82-,83-,92-,93-,94-,95+/m1/s1. The molecule has 0 bridgehead atoms. The Hall–Kier alpha value is -13.7. The van der Waals surface area contributed by atoms with Crippen LogP contribution in [0.4, 0.5) is 0 Å². The van der Waals surface area contributed by atoms with Crippen LogP contribution >= 0.6 is 0 Å². The molecule has 16 atom stereocenters. The van der Waals surface area contributed by atoms with Crippen LogP contribution in [0.3, 0.4) is 0 Å². The zero-order chi connectivity index (χ0) is 83.7. The number of hydrogen-bond acceptors (Lipinski definition) is 25. The van der Waals surface area contributed by atoms with Crippen LogP contribution in [0, 0.1) is 11.3 Å². The monoisotopic (exact) mass is 1630 g/mol. The first-order chi connectivity index (χ1) is 59.1. The van der Waals surface area contributed by atoms with Crippen LogP contribution in [0.2, 0.25) is 0 Å². The van der Waals surface area contributed by atoms with Crippen LogP contribution in [0.25, 0.3) is 0 Å². The number of nitriles is 1. The average molecular weight is 1630 g/mol. The van der Waals surface area contributed by atoms with Crippen molar-refractivity contribution in [2.45, 2.75) is 110 Å². The summed E-state index contributed by atoms with van der Waals surface area (Å²) in [6.07, 6.45) is -26.5. The second-order valence-electron chi connectivity index (χ2n) is 28.5. The predicted octanol–water partition coefficient (Wildman–Crippen LogP) is 13.7. The molecule has 25 heteroatoms. The van der Waals surface area contributed by atoms with E-state index in [9.17, 15) is 19.6 Å². The van der Waals surface area contributed by atoms with Gasteiger partial charge in [0.1, 0.15) is 30.0 Å². The fourth-order valence-electron chi connectivity index (χ4n) is 14.7. The lowest BCUT2D eigenvalue weighted by molar-refractivity contribution is -0.231. The van der Waals surface area contributed by atoms with Gasteiger partial charge >= 0.3 is 47.8 Å². The van der Waals surface area contributed by atoms with E-state index in [1.807, 2.05) is 97.1 Å². The minimum Gasteiger partial charge on any atom is -0.453 e. The number of benzene rings is 11. The predicted molar refractivity (Wildman–Crippen MR) is 428 cm³/mol. The van der Waals surface area contributed by atoms with Crippen LogP contribution in [0.5, 0.6) is 0 Å². The van der Waals surface area contributed by atoms with E-state index >= 15 is 24.0 Å². The zero-order valence-corrected chi connectivity index (χ0v) is 64.8. The van der Waals surface area contributed by atoms with Gasteiger partial charge < -0.3 is 75.8 Å². The third kappa shape index (κ3) is 19.2. The van der Waals surface area contributed by atoms with Gasteiger partial charge in [-0.05, 0) is 114 Å². The Kier molecular flexibility index (Phi) is 26.2. The number of ether oxygens (including phenoxy) is 16. The van der Waals surface area contributed by atoms with Crippen molar-refractivity contribution >= 4 is 47.8 Å². The summed E-state index contributed by atoms with van der Waals surface area (Å²) in [7, 11) is 0. The van der Waals surface area contributed by atoms with Crippen LogP contribution < -0.4 is 0 Å². The zero-order valence-electron chi connectivity index (χ0n) is 64.8. The topological polar surface area (TPSA) is 308 Å². The molecule has 0 aromatic heterocycles. The van der Waals surface area contributed by atoms with Crippen molar-refractivity contribution in [1.82, 2.24) is 0 Å².